The van der Waals surface area contributed by atoms with E-state index in [0.717, 1.165) is 16.5 Å². The number of fused-ring (bicyclic) bond motifs is 1. The molecule has 6 heteroatoms. The Morgan fingerprint density at radius 2 is 2.13 bits per heavy atom. The molecule has 3 rings (SSSR count). The SMILES string of the molecule is CCC(C(=O)OC)C1(c2cccc3cccnc23)NCC1(Cl)Cl. The first-order chi connectivity index (χ1) is 11.0. The van der Waals surface area contributed by atoms with Gasteiger partial charge in [0.2, 0.25) is 0 Å². The Balaban J connectivity index is 2.26. The molecule has 0 radical (unpaired) electrons. The van der Waals surface area contributed by atoms with Crippen LogP contribution in [-0.2, 0) is 15.1 Å². The van der Waals surface area contributed by atoms with Crippen LogP contribution in [0.25, 0.3) is 10.9 Å². The first-order valence-corrected chi connectivity index (χ1v) is 8.28. The molecule has 122 valence electrons. The fourth-order valence-corrected chi connectivity index (χ4v) is 4.22. The van der Waals surface area contributed by atoms with Crippen molar-refractivity contribution in [3.05, 3.63) is 42.1 Å². The molecule has 1 aromatic heterocycles. The maximum atomic E-state index is 12.4. The van der Waals surface area contributed by atoms with Crippen LogP contribution in [0.4, 0.5) is 0 Å². The lowest BCUT2D eigenvalue weighted by atomic mass is 9.68. The predicted octanol–water partition coefficient (Wildman–Crippen LogP) is 3.41. The highest BCUT2D eigenvalue weighted by atomic mass is 35.5. The van der Waals surface area contributed by atoms with Crippen molar-refractivity contribution in [3.8, 4) is 0 Å². The van der Waals surface area contributed by atoms with Gasteiger partial charge in [0.05, 0.1) is 24.1 Å². The van der Waals surface area contributed by atoms with Gasteiger partial charge in [-0.05, 0) is 12.5 Å². The standard InChI is InChI=1S/C17H18Cl2N2O2/c1-3-12(15(22)23-2)17(16(18,19)10-21-17)13-8-4-6-11-7-5-9-20-14(11)13/h4-9,12,21H,3,10H2,1-2H3. The van der Waals surface area contributed by atoms with Gasteiger partial charge in [0, 0.05) is 23.7 Å². The highest BCUT2D eigenvalue weighted by Crippen LogP contribution is 2.54. The molecule has 2 aromatic rings. The number of halogens is 2. The van der Waals surface area contributed by atoms with Crippen LogP contribution < -0.4 is 5.32 Å². The third-order valence-corrected chi connectivity index (χ3v) is 5.50. The topological polar surface area (TPSA) is 51.2 Å². The molecule has 2 unspecified atom stereocenters. The summed E-state index contributed by atoms with van der Waals surface area (Å²) in [5.41, 5.74) is 0.686. The predicted molar refractivity (Wildman–Crippen MR) is 91.7 cm³/mol. The molecule has 1 fully saturated rings. The van der Waals surface area contributed by atoms with E-state index in [1.54, 1.807) is 6.20 Å². The van der Waals surface area contributed by atoms with E-state index >= 15 is 0 Å². The molecule has 0 spiro atoms. The van der Waals surface area contributed by atoms with Crippen molar-refractivity contribution in [3.63, 3.8) is 0 Å². The summed E-state index contributed by atoms with van der Waals surface area (Å²) in [4.78, 5) is 16.9. The quantitative estimate of drug-likeness (QED) is 0.676. The summed E-state index contributed by atoms with van der Waals surface area (Å²) in [5, 5.41) is 4.29. The van der Waals surface area contributed by atoms with Crippen LogP contribution in [-0.4, -0.2) is 28.9 Å². The summed E-state index contributed by atoms with van der Waals surface area (Å²) >= 11 is 13.2. The normalized spacial score (nSPS) is 24.0. The van der Waals surface area contributed by atoms with Gasteiger partial charge in [0.15, 0.2) is 4.33 Å². The molecule has 0 aliphatic carbocycles. The number of benzene rings is 1. The van der Waals surface area contributed by atoms with Crippen LogP contribution in [0.2, 0.25) is 0 Å². The first-order valence-electron chi connectivity index (χ1n) is 7.53. The van der Waals surface area contributed by atoms with Gasteiger partial charge >= 0.3 is 5.97 Å². The minimum absolute atomic E-state index is 0.335. The summed E-state index contributed by atoms with van der Waals surface area (Å²) in [5.74, 6) is -0.845. The van der Waals surface area contributed by atoms with E-state index in [1.165, 1.54) is 7.11 Å². The van der Waals surface area contributed by atoms with Crippen molar-refractivity contribution in [1.29, 1.82) is 0 Å². The van der Waals surface area contributed by atoms with Crippen molar-refractivity contribution >= 4 is 40.1 Å². The fraction of sp³-hybridized carbons (Fsp3) is 0.412. The van der Waals surface area contributed by atoms with E-state index in [4.69, 9.17) is 27.9 Å². The zero-order valence-electron chi connectivity index (χ0n) is 13.0. The molecule has 0 bridgehead atoms. The fourth-order valence-electron chi connectivity index (χ4n) is 3.48. The Hall–Kier alpha value is -1.36. The largest absolute Gasteiger partial charge is 0.469 e. The summed E-state index contributed by atoms with van der Waals surface area (Å²) in [6.45, 7) is 2.32. The minimum atomic E-state index is -1.12. The van der Waals surface area contributed by atoms with E-state index in [-0.39, 0.29) is 5.97 Å². The zero-order valence-corrected chi connectivity index (χ0v) is 14.5. The highest BCUT2D eigenvalue weighted by Gasteiger charge is 2.64. The molecule has 0 amide bonds. The van der Waals surface area contributed by atoms with Crippen LogP contribution in [0.1, 0.15) is 18.9 Å². The molecule has 1 saturated heterocycles. The monoisotopic (exact) mass is 352 g/mol. The Labute approximate surface area is 145 Å². The van der Waals surface area contributed by atoms with Crippen LogP contribution in [0.15, 0.2) is 36.5 Å². The number of carbonyl (C=O) groups is 1. The van der Waals surface area contributed by atoms with E-state index in [2.05, 4.69) is 10.3 Å². The molecule has 23 heavy (non-hydrogen) atoms. The number of para-hydroxylation sites is 1. The van der Waals surface area contributed by atoms with Gasteiger partial charge in [-0.3, -0.25) is 9.78 Å². The number of nitrogens with one attached hydrogen (secondary N) is 1. The van der Waals surface area contributed by atoms with Gasteiger partial charge < -0.3 is 10.1 Å². The van der Waals surface area contributed by atoms with Crippen LogP contribution >= 0.6 is 23.2 Å². The Bertz CT molecular complexity index is 745. The number of alkyl halides is 2. The molecular formula is C17H18Cl2N2O2. The van der Waals surface area contributed by atoms with Gasteiger partial charge in [-0.15, -0.1) is 0 Å². The van der Waals surface area contributed by atoms with Crippen LogP contribution in [0, 0.1) is 5.92 Å². The number of rotatable bonds is 4. The Morgan fingerprint density at radius 1 is 1.39 bits per heavy atom. The lowest BCUT2D eigenvalue weighted by molar-refractivity contribution is -0.151. The number of pyridine rings is 1. The number of methoxy groups -OCH3 is 1. The molecule has 2 heterocycles. The Kier molecular flexibility index (Phi) is 4.25. The first kappa shape index (κ1) is 16.5. The van der Waals surface area contributed by atoms with E-state index in [1.807, 2.05) is 37.3 Å². The minimum Gasteiger partial charge on any atom is -0.469 e. The average Bonchev–Trinajstić information content (AvgIpc) is 2.57. The van der Waals surface area contributed by atoms with E-state index in [0.29, 0.717) is 13.0 Å². The molecular weight excluding hydrogens is 335 g/mol. The summed E-state index contributed by atoms with van der Waals surface area (Å²) in [7, 11) is 1.38. The number of esters is 1. The molecule has 1 N–H and O–H groups in total. The number of ether oxygens (including phenoxy) is 1. The van der Waals surface area contributed by atoms with E-state index in [9.17, 15) is 4.79 Å². The number of hydrogen-bond acceptors (Lipinski definition) is 4. The van der Waals surface area contributed by atoms with Crippen LogP contribution in [0.3, 0.4) is 0 Å². The summed E-state index contributed by atoms with van der Waals surface area (Å²) in [6.07, 6.45) is 2.27. The van der Waals surface area contributed by atoms with Gasteiger partial charge in [-0.2, -0.15) is 0 Å². The van der Waals surface area contributed by atoms with Gasteiger partial charge in [-0.1, -0.05) is 54.4 Å². The highest BCUT2D eigenvalue weighted by molar-refractivity contribution is 6.50. The molecule has 0 saturated carbocycles. The molecule has 1 aromatic carbocycles. The second-order valence-corrected chi connectivity index (χ2v) is 7.21. The van der Waals surface area contributed by atoms with Crippen molar-refractivity contribution in [2.24, 2.45) is 5.92 Å². The number of aromatic nitrogens is 1. The lowest BCUT2D eigenvalue weighted by Crippen LogP contribution is -2.74. The summed E-state index contributed by atoms with van der Waals surface area (Å²) < 4.78 is 3.88. The van der Waals surface area contributed by atoms with Crippen molar-refractivity contribution in [2.45, 2.75) is 23.2 Å². The lowest BCUT2D eigenvalue weighted by Gasteiger charge is -2.56. The maximum absolute atomic E-state index is 12.4. The van der Waals surface area contributed by atoms with Crippen molar-refractivity contribution in [2.75, 3.05) is 13.7 Å². The molecule has 4 nitrogen and oxygen atoms in total. The molecule has 1 aliphatic heterocycles. The Morgan fingerprint density at radius 3 is 2.70 bits per heavy atom. The third kappa shape index (κ3) is 2.32. The number of carbonyl (C=O) groups excluding carboxylic acids is 1. The van der Waals surface area contributed by atoms with Crippen LogP contribution in [0.5, 0.6) is 0 Å². The van der Waals surface area contributed by atoms with Crippen molar-refractivity contribution in [1.82, 2.24) is 10.3 Å². The number of hydrogen-bond donors (Lipinski definition) is 1. The second kappa shape index (κ2) is 5.93. The smallest absolute Gasteiger partial charge is 0.311 e. The second-order valence-electron chi connectivity index (χ2n) is 5.73. The average molecular weight is 353 g/mol. The number of nitrogens with zero attached hydrogens (tertiary/aromatic N) is 1. The molecule has 2 atom stereocenters. The maximum Gasteiger partial charge on any atom is 0.311 e. The van der Waals surface area contributed by atoms with E-state index < -0.39 is 15.8 Å². The van der Waals surface area contributed by atoms with Gasteiger partial charge in [-0.25, -0.2) is 0 Å². The van der Waals surface area contributed by atoms with Crippen molar-refractivity contribution < 1.29 is 9.53 Å². The summed E-state index contributed by atoms with van der Waals surface area (Å²) in [6, 6.07) is 9.67. The van der Waals surface area contributed by atoms with Gasteiger partial charge in [0.1, 0.15) is 0 Å². The zero-order chi connectivity index (χ0) is 16.7. The van der Waals surface area contributed by atoms with Gasteiger partial charge in [0.25, 0.3) is 0 Å². The molecule has 1 aliphatic rings. The third-order valence-electron chi connectivity index (χ3n) is 4.64.